The first kappa shape index (κ1) is 15.3. The second kappa shape index (κ2) is 6.56. The molecule has 1 heterocycles. The molecule has 6 heteroatoms. The van der Waals surface area contributed by atoms with E-state index in [0.29, 0.717) is 17.9 Å². The minimum Gasteiger partial charge on any atom is -0.337 e. The molecule has 5 nitrogen and oxygen atoms in total. The summed E-state index contributed by atoms with van der Waals surface area (Å²) in [5, 5.41) is 0.220. The van der Waals surface area contributed by atoms with Gasteiger partial charge in [0.05, 0.1) is 0 Å². The number of nitrogens with zero attached hydrogens (tertiary/aromatic N) is 2. The van der Waals surface area contributed by atoms with Gasteiger partial charge in [0.15, 0.2) is 0 Å². The molecule has 2 aromatic rings. The van der Waals surface area contributed by atoms with Crippen molar-refractivity contribution in [1.29, 1.82) is 0 Å². The van der Waals surface area contributed by atoms with Gasteiger partial charge in [0.2, 0.25) is 0 Å². The van der Waals surface area contributed by atoms with Gasteiger partial charge < -0.3 is 10.3 Å². The van der Waals surface area contributed by atoms with E-state index in [4.69, 9.17) is 17.4 Å². The van der Waals surface area contributed by atoms with Gasteiger partial charge in [0.1, 0.15) is 11.0 Å². The highest BCUT2D eigenvalue weighted by Gasteiger charge is 2.14. The fourth-order valence-electron chi connectivity index (χ4n) is 1.95. The minimum atomic E-state index is -0.142. The van der Waals surface area contributed by atoms with Crippen LogP contribution in [0.5, 0.6) is 0 Å². The number of nitrogens with one attached hydrogen (secondary N) is 1. The lowest BCUT2D eigenvalue weighted by Crippen LogP contribution is -2.26. The van der Waals surface area contributed by atoms with Crippen LogP contribution in [0.2, 0.25) is 5.15 Å². The molecule has 0 radical (unpaired) electrons. The van der Waals surface area contributed by atoms with Gasteiger partial charge in [-0.05, 0) is 24.6 Å². The maximum atomic E-state index is 12.4. The Morgan fingerprint density at radius 2 is 2.00 bits per heavy atom. The van der Waals surface area contributed by atoms with E-state index in [1.54, 1.807) is 18.0 Å². The van der Waals surface area contributed by atoms with Gasteiger partial charge in [-0.3, -0.25) is 4.79 Å². The van der Waals surface area contributed by atoms with Crippen molar-refractivity contribution in [2.45, 2.75) is 13.5 Å². The van der Waals surface area contributed by atoms with Crippen LogP contribution in [0, 0.1) is 6.92 Å². The largest absolute Gasteiger partial charge is 0.337 e. The summed E-state index contributed by atoms with van der Waals surface area (Å²) in [6.07, 6.45) is 0. The van der Waals surface area contributed by atoms with Crippen LogP contribution in [0.25, 0.3) is 0 Å². The van der Waals surface area contributed by atoms with E-state index in [2.05, 4.69) is 10.4 Å². The summed E-state index contributed by atoms with van der Waals surface area (Å²) in [7, 11) is 1.74. The molecule has 0 unspecified atom stereocenters. The van der Waals surface area contributed by atoms with Crippen LogP contribution < -0.4 is 11.3 Å². The van der Waals surface area contributed by atoms with E-state index in [1.165, 1.54) is 11.6 Å². The van der Waals surface area contributed by atoms with Gasteiger partial charge in [-0.2, -0.15) is 0 Å². The Balaban J connectivity index is 2.15. The zero-order chi connectivity index (χ0) is 15.4. The van der Waals surface area contributed by atoms with Gasteiger partial charge in [0.25, 0.3) is 5.91 Å². The molecule has 1 aromatic carbocycles. The molecule has 0 aliphatic carbocycles. The lowest BCUT2D eigenvalue weighted by molar-refractivity contribution is 0.0785. The molecule has 0 fully saturated rings. The van der Waals surface area contributed by atoms with Gasteiger partial charge in [0, 0.05) is 19.2 Å². The van der Waals surface area contributed by atoms with Crippen molar-refractivity contribution in [2.24, 2.45) is 5.84 Å². The number of halogens is 1. The molecule has 1 aromatic heterocycles. The molecule has 0 saturated heterocycles. The third-order valence-electron chi connectivity index (χ3n) is 3.08. The van der Waals surface area contributed by atoms with Crippen LogP contribution in [0.15, 0.2) is 36.4 Å². The highest BCUT2D eigenvalue weighted by Crippen LogP contribution is 2.16. The molecule has 0 spiro atoms. The van der Waals surface area contributed by atoms with Crippen molar-refractivity contribution in [2.75, 3.05) is 12.5 Å². The first-order valence-electron chi connectivity index (χ1n) is 6.45. The second-order valence-corrected chi connectivity index (χ2v) is 5.24. The Labute approximate surface area is 128 Å². The van der Waals surface area contributed by atoms with Crippen molar-refractivity contribution in [3.63, 3.8) is 0 Å². The highest BCUT2D eigenvalue weighted by atomic mass is 35.5. The molecule has 3 N–H and O–H groups in total. The van der Waals surface area contributed by atoms with Crippen LogP contribution >= 0.6 is 11.6 Å². The predicted molar refractivity (Wildman–Crippen MR) is 84.0 cm³/mol. The Bertz CT molecular complexity index is 643. The van der Waals surface area contributed by atoms with Gasteiger partial charge in [-0.15, -0.1) is 0 Å². The third-order valence-corrected chi connectivity index (χ3v) is 3.27. The number of carbonyl (C=O) groups is 1. The van der Waals surface area contributed by atoms with Crippen LogP contribution in [-0.4, -0.2) is 22.8 Å². The monoisotopic (exact) mass is 304 g/mol. The number of aryl methyl sites for hydroxylation is 1. The number of rotatable bonds is 4. The van der Waals surface area contributed by atoms with Crippen LogP contribution in [0.3, 0.4) is 0 Å². The molecular formula is C15H17ClN4O. The van der Waals surface area contributed by atoms with Crippen LogP contribution in [0.1, 0.15) is 21.5 Å². The molecule has 2 rings (SSSR count). The predicted octanol–water partition coefficient (Wildman–Crippen LogP) is 2.60. The number of amides is 1. The first-order chi connectivity index (χ1) is 9.99. The normalized spacial score (nSPS) is 10.3. The Kier molecular flexibility index (Phi) is 4.77. The van der Waals surface area contributed by atoms with Crippen molar-refractivity contribution in [3.05, 3.63) is 58.2 Å². The number of hydrogen-bond donors (Lipinski definition) is 2. The van der Waals surface area contributed by atoms with Crippen molar-refractivity contribution >= 4 is 23.3 Å². The summed E-state index contributed by atoms with van der Waals surface area (Å²) < 4.78 is 0. The summed E-state index contributed by atoms with van der Waals surface area (Å²) in [4.78, 5) is 18.0. The van der Waals surface area contributed by atoms with Crippen molar-refractivity contribution in [3.8, 4) is 0 Å². The van der Waals surface area contributed by atoms with E-state index in [9.17, 15) is 4.79 Å². The zero-order valence-corrected chi connectivity index (χ0v) is 12.7. The topological polar surface area (TPSA) is 71.2 Å². The Morgan fingerprint density at radius 1 is 1.33 bits per heavy atom. The quantitative estimate of drug-likeness (QED) is 0.517. The number of benzene rings is 1. The van der Waals surface area contributed by atoms with Gasteiger partial charge in [-0.1, -0.05) is 41.4 Å². The standard InChI is InChI=1S/C15H17ClN4O/c1-10-3-5-11(6-4-10)9-20(2)15(21)12-7-13(16)18-14(8-12)19-17/h3-8H,9,17H2,1-2H3,(H,18,19). The number of nitrogen functional groups attached to an aromatic ring is 1. The van der Waals surface area contributed by atoms with E-state index >= 15 is 0 Å². The van der Waals surface area contributed by atoms with E-state index in [0.717, 1.165) is 5.56 Å². The fourth-order valence-corrected chi connectivity index (χ4v) is 2.16. The molecule has 0 aliphatic rings. The number of aromatic nitrogens is 1. The van der Waals surface area contributed by atoms with Crippen molar-refractivity contribution < 1.29 is 4.79 Å². The number of anilines is 1. The lowest BCUT2D eigenvalue weighted by atomic mass is 10.1. The minimum absolute atomic E-state index is 0.142. The third kappa shape index (κ3) is 3.93. The summed E-state index contributed by atoms with van der Waals surface area (Å²) in [5.74, 6) is 5.52. The van der Waals surface area contributed by atoms with Crippen molar-refractivity contribution in [1.82, 2.24) is 9.88 Å². The maximum Gasteiger partial charge on any atom is 0.254 e. The highest BCUT2D eigenvalue weighted by molar-refractivity contribution is 6.29. The average Bonchev–Trinajstić information content (AvgIpc) is 2.48. The first-order valence-corrected chi connectivity index (χ1v) is 6.82. The number of nitrogens with two attached hydrogens (primary N) is 1. The molecule has 0 atom stereocenters. The second-order valence-electron chi connectivity index (χ2n) is 4.85. The molecule has 0 saturated carbocycles. The van der Waals surface area contributed by atoms with Crippen LogP contribution in [0.4, 0.5) is 5.82 Å². The maximum absolute atomic E-state index is 12.4. The summed E-state index contributed by atoms with van der Waals surface area (Å²) in [6, 6.07) is 11.1. The van der Waals surface area contributed by atoms with E-state index < -0.39 is 0 Å². The van der Waals surface area contributed by atoms with E-state index in [1.807, 2.05) is 31.2 Å². The average molecular weight is 305 g/mol. The Hall–Kier alpha value is -2.11. The molecule has 21 heavy (non-hydrogen) atoms. The SMILES string of the molecule is Cc1ccc(CN(C)C(=O)c2cc(Cl)nc(NN)c2)cc1. The van der Waals surface area contributed by atoms with Gasteiger partial charge >= 0.3 is 0 Å². The summed E-state index contributed by atoms with van der Waals surface area (Å²) in [5.41, 5.74) is 5.08. The fraction of sp³-hybridized carbons (Fsp3) is 0.200. The number of hydrazine groups is 1. The molecule has 1 amide bonds. The molecular weight excluding hydrogens is 288 g/mol. The summed E-state index contributed by atoms with van der Waals surface area (Å²) >= 11 is 5.88. The number of pyridine rings is 1. The Morgan fingerprint density at radius 3 is 2.62 bits per heavy atom. The smallest absolute Gasteiger partial charge is 0.254 e. The number of hydrogen-bond acceptors (Lipinski definition) is 4. The van der Waals surface area contributed by atoms with Gasteiger partial charge in [-0.25, -0.2) is 10.8 Å². The number of carbonyl (C=O) groups excluding carboxylic acids is 1. The van der Waals surface area contributed by atoms with Crippen LogP contribution in [-0.2, 0) is 6.54 Å². The summed E-state index contributed by atoms with van der Waals surface area (Å²) in [6.45, 7) is 2.55. The zero-order valence-electron chi connectivity index (χ0n) is 11.9. The molecule has 110 valence electrons. The van der Waals surface area contributed by atoms with E-state index in [-0.39, 0.29) is 11.1 Å². The molecule has 0 bridgehead atoms. The molecule has 0 aliphatic heterocycles. The lowest BCUT2D eigenvalue weighted by Gasteiger charge is -2.18.